The summed E-state index contributed by atoms with van der Waals surface area (Å²) in [6.07, 6.45) is 1.11. The fourth-order valence-corrected chi connectivity index (χ4v) is 3.75. The van der Waals surface area contributed by atoms with Crippen LogP contribution in [0.3, 0.4) is 0 Å². The molecule has 0 spiro atoms. The first-order valence-electron chi connectivity index (χ1n) is 10.2. The zero-order chi connectivity index (χ0) is 22.2. The highest BCUT2D eigenvalue weighted by Gasteiger charge is 2.38. The van der Waals surface area contributed by atoms with E-state index in [0.717, 1.165) is 16.2 Å². The van der Waals surface area contributed by atoms with Gasteiger partial charge in [0.2, 0.25) is 0 Å². The van der Waals surface area contributed by atoms with Gasteiger partial charge in [0.25, 0.3) is 5.91 Å². The van der Waals surface area contributed by atoms with Crippen LogP contribution in [0.2, 0.25) is 0 Å². The summed E-state index contributed by atoms with van der Waals surface area (Å²) in [5, 5.41) is 5.14. The van der Waals surface area contributed by atoms with E-state index in [1.807, 2.05) is 24.3 Å². The third-order valence-electron chi connectivity index (χ3n) is 5.56. The van der Waals surface area contributed by atoms with Crippen molar-refractivity contribution in [1.82, 2.24) is 10.3 Å². The molecule has 6 nitrogen and oxygen atoms in total. The smallest absolute Gasteiger partial charge is 0.252 e. The Hall–Kier alpha value is -3.87. The molecule has 4 aromatic rings. The Bertz CT molecular complexity index is 1340. The van der Waals surface area contributed by atoms with Gasteiger partial charge >= 0.3 is 0 Å². The zero-order valence-corrected chi connectivity index (χ0v) is 17.6. The van der Waals surface area contributed by atoms with Crippen LogP contribution >= 0.6 is 0 Å². The molecule has 5 rings (SSSR count). The van der Waals surface area contributed by atoms with Gasteiger partial charge in [-0.2, -0.15) is 0 Å². The highest BCUT2D eigenvalue weighted by molar-refractivity contribution is 6.07. The van der Waals surface area contributed by atoms with E-state index in [2.05, 4.69) is 10.3 Å². The second-order valence-corrected chi connectivity index (χ2v) is 7.66. The van der Waals surface area contributed by atoms with Crippen molar-refractivity contribution in [2.45, 2.75) is 18.6 Å². The van der Waals surface area contributed by atoms with E-state index in [1.165, 1.54) is 0 Å². The standard InChI is InChI=1S/C25H21FN2O4/c1-30-23-11-18-20(13-24(23)31-2)27-9-8-22(18)32-15-6-7-16-14(10-15)4-3-5-17(16)25(29)28-21-12-19(21)26/h3-11,13,19,21H,12H2,1-2H3,(H,28,29)/t19-,21?/m1/s1. The number of hydrogen-bond donors (Lipinski definition) is 1. The number of ether oxygens (including phenoxy) is 3. The third kappa shape index (κ3) is 3.66. The molecule has 1 saturated carbocycles. The minimum absolute atomic E-state index is 0.268. The number of hydrogen-bond acceptors (Lipinski definition) is 5. The van der Waals surface area contributed by atoms with E-state index in [9.17, 15) is 9.18 Å². The summed E-state index contributed by atoms with van der Waals surface area (Å²) in [4.78, 5) is 16.9. The maximum atomic E-state index is 13.2. The van der Waals surface area contributed by atoms with Crippen LogP contribution in [0.15, 0.2) is 60.8 Å². The number of fused-ring (bicyclic) bond motifs is 2. The van der Waals surface area contributed by atoms with E-state index in [-0.39, 0.29) is 11.9 Å². The molecule has 2 atom stereocenters. The zero-order valence-electron chi connectivity index (χ0n) is 17.6. The maximum absolute atomic E-state index is 13.2. The fourth-order valence-electron chi connectivity index (χ4n) is 3.75. The highest BCUT2D eigenvalue weighted by Crippen LogP contribution is 2.37. The Labute approximate surface area is 183 Å². The number of pyridine rings is 1. The average Bonchev–Trinajstić information content (AvgIpc) is 3.51. The van der Waals surface area contributed by atoms with Gasteiger partial charge in [0, 0.05) is 29.6 Å². The normalized spacial score (nSPS) is 17.2. The van der Waals surface area contributed by atoms with Crippen molar-refractivity contribution in [2.24, 2.45) is 0 Å². The predicted octanol–water partition coefficient (Wildman–Crippen LogP) is 5.04. The number of nitrogens with one attached hydrogen (secondary N) is 1. The lowest BCUT2D eigenvalue weighted by Gasteiger charge is -2.13. The van der Waals surface area contributed by atoms with Crippen molar-refractivity contribution in [1.29, 1.82) is 0 Å². The van der Waals surface area contributed by atoms with E-state index in [0.29, 0.717) is 40.5 Å². The van der Waals surface area contributed by atoms with Crippen LogP contribution in [0, 0.1) is 0 Å². The van der Waals surface area contributed by atoms with Gasteiger partial charge in [-0.15, -0.1) is 0 Å². The summed E-state index contributed by atoms with van der Waals surface area (Å²) < 4.78 is 30.1. The molecule has 0 bridgehead atoms. The molecule has 1 aromatic heterocycles. The molecule has 1 heterocycles. The molecule has 1 aliphatic rings. The fraction of sp³-hybridized carbons (Fsp3) is 0.200. The first kappa shape index (κ1) is 20.1. The van der Waals surface area contributed by atoms with Crippen molar-refractivity contribution in [2.75, 3.05) is 14.2 Å². The highest BCUT2D eigenvalue weighted by atomic mass is 19.1. The molecule has 1 aliphatic carbocycles. The molecule has 162 valence electrons. The summed E-state index contributed by atoms with van der Waals surface area (Å²) in [7, 11) is 3.16. The van der Waals surface area contributed by atoms with E-state index < -0.39 is 6.17 Å². The van der Waals surface area contributed by atoms with E-state index in [1.54, 1.807) is 50.7 Å². The third-order valence-corrected chi connectivity index (χ3v) is 5.56. The minimum atomic E-state index is -0.942. The van der Waals surface area contributed by atoms with Gasteiger partial charge in [0.05, 0.1) is 25.8 Å². The molecular weight excluding hydrogens is 411 g/mol. The first-order chi connectivity index (χ1) is 15.6. The summed E-state index contributed by atoms with van der Waals surface area (Å²) in [6, 6.07) is 16.0. The van der Waals surface area contributed by atoms with Crippen molar-refractivity contribution in [3.05, 3.63) is 66.4 Å². The average molecular weight is 432 g/mol. The molecule has 7 heteroatoms. The quantitative estimate of drug-likeness (QED) is 0.462. The van der Waals surface area contributed by atoms with Crippen LogP contribution in [0.5, 0.6) is 23.0 Å². The van der Waals surface area contributed by atoms with Gasteiger partial charge in [-0.1, -0.05) is 12.1 Å². The van der Waals surface area contributed by atoms with Gasteiger partial charge in [-0.05, 0) is 47.2 Å². The molecule has 3 aromatic carbocycles. The van der Waals surface area contributed by atoms with Gasteiger partial charge in [0.1, 0.15) is 17.7 Å². The number of aromatic nitrogens is 1. The Morgan fingerprint density at radius 2 is 1.78 bits per heavy atom. The van der Waals surface area contributed by atoms with Gasteiger partial charge < -0.3 is 19.5 Å². The molecule has 1 N–H and O–H groups in total. The Morgan fingerprint density at radius 1 is 1.00 bits per heavy atom. The van der Waals surface area contributed by atoms with Crippen molar-refractivity contribution in [3.8, 4) is 23.0 Å². The maximum Gasteiger partial charge on any atom is 0.252 e. The number of halogens is 1. The number of alkyl halides is 1. The first-order valence-corrected chi connectivity index (χ1v) is 10.2. The second kappa shape index (κ2) is 8.00. The van der Waals surface area contributed by atoms with Crippen LogP contribution in [0.4, 0.5) is 4.39 Å². The van der Waals surface area contributed by atoms with Crippen molar-refractivity contribution >= 4 is 27.6 Å². The lowest BCUT2D eigenvalue weighted by molar-refractivity contribution is 0.0949. The molecule has 1 fully saturated rings. The number of carbonyl (C=O) groups excluding carboxylic acids is 1. The Kier molecular flexibility index (Phi) is 5.01. The lowest BCUT2D eigenvalue weighted by atomic mass is 10.0. The van der Waals surface area contributed by atoms with Gasteiger partial charge in [-0.25, -0.2) is 4.39 Å². The van der Waals surface area contributed by atoms with E-state index >= 15 is 0 Å². The summed E-state index contributed by atoms with van der Waals surface area (Å²) in [5.41, 5.74) is 1.23. The number of nitrogens with zero attached hydrogens (tertiary/aromatic N) is 1. The number of methoxy groups -OCH3 is 2. The molecule has 0 aliphatic heterocycles. The SMILES string of the molecule is COc1cc2nccc(Oc3ccc4c(C(=O)NC5C[C@H]5F)cccc4c3)c2cc1OC. The largest absolute Gasteiger partial charge is 0.493 e. The monoisotopic (exact) mass is 432 g/mol. The predicted molar refractivity (Wildman–Crippen MR) is 120 cm³/mol. The van der Waals surface area contributed by atoms with Crippen molar-refractivity contribution < 1.29 is 23.4 Å². The van der Waals surface area contributed by atoms with Crippen LogP contribution in [-0.2, 0) is 0 Å². The molecule has 0 radical (unpaired) electrons. The Morgan fingerprint density at radius 3 is 2.53 bits per heavy atom. The number of benzene rings is 3. The number of carbonyl (C=O) groups is 1. The Balaban J connectivity index is 1.48. The number of rotatable bonds is 6. The van der Waals surface area contributed by atoms with Crippen LogP contribution in [0.1, 0.15) is 16.8 Å². The van der Waals surface area contributed by atoms with Crippen LogP contribution < -0.4 is 19.5 Å². The van der Waals surface area contributed by atoms with Crippen molar-refractivity contribution in [3.63, 3.8) is 0 Å². The molecule has 1 amide bonds. The lowest BCUT2D eigenvalue weighted by Crippen LogP contribution is -2.27. The van der Waals surface area contributed by atoms with Crippen LogP contribution in [0.25, 0.3) is 21.7 Å². The van der Waals surface area contributed by atoms with Gasteiger partial charge in [-0.3, -0.25) is 9.78 Å². The molecule has 1 unspecified atom stereocenters. The van der Waals surface area contributed by atoms with E-state index in [4.69, 9.17) is 14.2 Å². The minimum Gasteiger partial charge on any atom is -0.493 e. The van der Waals surface area contributed by atoms with Gasteiger partial charge in [0.15, 0.2) is 11.5 Å². The summed E-state index contributed by atoms with van der Waals surface area (Å²) in [6.45, 7) is 0. The number of amides is 1. The second-order valence-electron chi connectivity index (χ2n) is 7.66. The molecular formula is C25H21FN2O4. The summed E-state index contributed by atoms with van der Waals surface area (Å²) >= 11 is 0. The van der Waals surface area contributed by atoms with Crippen LogP contribution in [-0.4, -0.2) is 37.3 Å². The molecule has 0 saturated heterocycles. The summed E-state index contributed by atoms with van der Waals surface area (Å²) in [5.74, 6) is 2.13. The topological polar surface area (TPSA) is 69.7 Å². The molecule has 32 heavy (non-hydrogen) atoms.